The minimum Gasteiger partial charge on any atom is -0.322 e. The molecule has 0 spiro atoms. The predicted molar refractivity (Wildman–Crippen MR) is 128 cm³/mol. The molecule has 6 heteroatoms. The molecule has 1 aromatic heterocycles. The first-order valence-corrected chi connectivity index (χ1v) is 11.8. The van der Waals surface area contributed by atoms with Crippen molar-refractivity contribution >= 4 is 44.2 Å². The van der Waals surface area contributed by atoms with Gasteiger partial charge in [-0.1, -0.05) is 54.7 Å². The Hall–Kier alpha value is -2.73. The van der Waals surface area contributed by atoms with Crippen molar-refractivity contribution in [3.05, 3.63) is 52.6 Å². The lowest BCUT2D eigenvalue weighted by molar-refractivity contribution is -0.116. The third-order valence-corrected chi connectivity index (χ3v) is 7.00. The number of carbonyl (C=O) groups excluding carboxylic acids is 2. The van der Waals surface area contributed by atoms with Gasteiger partial charge in [0.1, 0.15) is 0 Å². The van der Waals surface area contributed by atoms with E-state index in [-0.39, 0.29) is 11.8 Å². The molecule has 31 heavy (non-hydrogen) atoms. The van der Waals surface area contributed by atoms with E-state index in [1.54, 1.807) is 6.07 Å². The number of anilines is 2. The van der Waals surface area contributed by atoms with Crippen molar-refractivity contribution < 1.29 is 9.59 Å². The van der Waals surface area contributed by atoms with E-state index in [0.717, 1.165) is 33.5 Å². The fourth-order valence-electron chi connectivity index (χ4n) is 4.50. The van der Waals surface area contributed by atoms with Gasteiger partial charge in [-0.05, 0) is 62.4 Å². The topological polar surface area (TPSA) is 71.1 Å². The molecule has 162 valence electrons. The minimum atomic E-state index is -0.146. The number of aromatic nitrogens is 1. The first-order valence-electron chi connectivity index (χ1n) is 11.0. The summed E-state index contributed by atoms with van der Waals surface area (Å²) in [7, 11) is 0. The van der Waals surface area contributed by atoms with Gasteiger partial charge in [-0.15, -0.1) is 0 Å². The van der Waals surface area contributed by atoms with Crippen LogP contribution in [0.4, 0.5) is 10.8 Å². The predicted octanol–water partition coefficient (Wildman–Crippen LogP) is 6.38. The second-order valence-electron chi connectivity index (χ2n) is 8.67. The van der Waals surface area contributed by atoms with Gasteiger partial charge in [-0.2, -0.15) is 0 Å². The molecule has 1 saturated carbocycles. The van der Waals surface area contributed by atoms with Crippen LogP contribution in [0.3, 0.4) is 0 Å². The minimum absolute atomic E-state index is 0.0224. The highest BCUT2D eigenvalue weighted by molar-refractivity contribution is 7.22. The second kappa shape index (κ2) is 9.18. The number of thiazole rings is 1. The van der Waals surface area contributed by atoms with Gasteiger partial charge >= 0.3 is 0 Å². The van der Waals surface area contributed by atoms with Crippen molar-refractivity contribution in [1.29, 1.82) is 0 Å². The zero-order valence-electron chi connectivity index (χ0n) is 18.4. The van der Waals surface area contributed by atoms with Gasteiger partial charge in [0.25, 0.3) is 5.91 Å². The van der Waals surface area contributed by atoms with Crippen LogP contribution in [0.25, 0.3) is 10.2 Å². The summed E-state index contributed by atoms with van der Waals surface area (Å²) >= 11 is 1.41. The molecular weight excluding hydrogens is 406 g/mol. The molecule has 3 aromatic rings. The number of hydrogen-bond acceptors (Lipinski definition) is 4. The van der Waals surface area contributed by atoms with E-state index in [1.807, 2.05) is 26.0 Å². The van der Waals surface area contributed by atoms with Gasteiger partial charge in [-0.25, -0.2) is 4.98 Å². The van der Waals surface area contributed by atoms with Crippen LogP contribution in [-0.4, -0.2) is 16.8 Å². The molecule has 0 unspecified atom stereocenters. The Labute approximate surface area is 187 Å². The van der Waals surface area contributed by atoms with Crippen molar-refractivity contribution in [3.8, 4) is 0 Å². The number of nitrogens with one attached hydrogen (secondary N) is 2. The first kappa shape index (κ1) is 21.5. The van der Waals surface area contributed by atoms with Crippen LogP contribution in [0.15, 0.2) is 30.3 Å². The maximum atomic E-state index is 12.8. The second-order valence-corrected chi connectivity index (χ2v) is 9.70. The average Bonchev–Trinajstić information content (AvgIpc) is 3.37. The lowest BCUT2D eigenvalue weighted by atomic mass is 10.0. The van der Waals surface area contributed by atoms with Gasteiger partial charge in [0.15, 0.2) is 5.13 Å². The normalized spacial score (nSPS) is 14.2. The highest BCUT2D eigenvalue weighted by Gasteiger charge is 2.17. The summed E-state index contributed by atoms with van der Waals surface area (Å²) in [6, 6.07) is 9.59. The molecule has 4 rings (SSSR count). The number of carbonyl (C=O) groups is 2. The molecule has 2 aromatic carbocycles. The number of fused-ring (bicyclic) bond motifs is 1. The van der Waals surface area contributed by atoms with Crippen LogP contribution >= 0.6 is 11.3 Å². The van der Waals surface area contributed by atoms with Gasteiger partial charge in [0.05, 0.1) is 10.2 Å². The quantitative estimate of drug-likeness (QED) is 0.472. The molecule has 0 saturated heterocycles. The largest absolute Gasteiger partial charge is 0.322 e. The Kier molecular flexibility index (Phi) is 6.37. The summed E-state index contributed by atoms with van der Waals surface area (Å²) in [5.74, 6) is 0.574. The maximum Gasteiger partial charge on any atom is 0.255 e. The van der Waals surface area contributed by atoms with Crippen molar-refractivity contribution in [3.63, 3.8) is 0 Å². The van der Waals surface area contributed by atoms with E-state index in [2.05, 4.69) is 34.7 Å². The summed E-state index contributed by atoms with van der Waals surface area (Å²) in [5, 5.41) is 6.57. The molecule has 1 aliphatic carbocycles. The maximum absolute atomic E-state index is 12.8. The number of amides is 2. The highest BCUT2D eigenvalue weighted by atomic mass is 32.1. The number of nitrogens with zero attached hydrogens (tertiary/aromatic N) is 1. The number of hydrogen-bond donors (Lipinski definition) is 2. The van der Waals surface area contributed by atoms with Gasteiger partial charge < -0.3 is 10.6 Å². The van der Waals surface area contributed by atoms with E-state index < -0.39 is 0 Å². The van der Waals surface area contributed by atoms with E-state index in [9.17, 15) is 9.59 Å². The average molecular weight is 436 g/mol. The standard InChI is InChI=1S/C25H29N3O2S/c1-15-12-16(2)23(17(3)13-15)28-24(30)19-9-10-20-21(14-19)31-25(26-20)27-22(29)11-8-18-6-4-5-7-18/h9-10,12-14,18H,4-8,11H2,1-3H3,(H,28,30)(H,26,27,29). The molecule has 1 fully saturated rings. The number of rotatable bonds is 6. The summed E-state index contributed by atoms with van der Waals surface area (Å²) in [4.78, 5) is 29.7. The first-order chi connectivity index (χ1) is 14.9. The molecule has 1 heterocycles. The van der Waals surface area contributed by atoms with E-state index >= 15 is 0 Å². The molecule has 0 atom stereocenters. The van der Waals surface area contributed by atoms with Crippen molar-refractivity contribution in [2.45, 2.75) is 59.3 Å². The van der Waals surface area contributed by atoms with Crippen molar-refractivity contribution in [1.82, 2.24) is 4.98 Å². The van der Waals surface area contributed by atoms with E-state index in [1.165, 1.54) is 42.6 Å². The summed E-state index contributed by atoms with van der Waals surface area (Å²) in [6.07, 6.45) is 6.59. The summed E-state index contributed by atoms with van der Waals surface area (Å²) in [5.41, 5.74) is 5.50. The third-order valence-electron chi connectivity index (χ3n) is 6.07. The highest BCUT2D eigenvalue weighted by Crippen LogP contribution is 2.30. The monoisotopic (exact) mass is 435 g/mol. The molecule has 5 nitrogen and oxygen atoms in total. The van der Waals surface area contributed by atoms with Crippen molar-refractivity contribution in [2.24, 2.45) is 5.92 Å². The van der Waals surface area contributed by atoms with E-state index in [0.29, 0.717) is 23.0 Å². The van der Waals surface area contributed by atoms with Crippen LogP contribution in [-0.2, 0) is 4.79 Å². The molecular formula is C25H29N3O2S. The van der Waals surface area contributed by atoms with Crippen LogP contribution < -0.4 is 10.6 Å². The smallest absolute Gasteiger partial charge is 0.255 e. The molecule has 2 N–H and O–H groups in total. The zero-order valence-corrected chi connectivity index (χ0v) is 19.2. The Morgan fingerprint density at radius 1 is 1.03 bits per heavy atom. The lowest BCUT2D eigenvalue weighted by Gasteiger charge is -2.12. The Bertz CT molecular complexity index is 1110. The fraction of sp³-hybridized carbons (Fsp3) is 0.400. The number of aryl methyl sites for hydroxylation is 3. The molecule has 1 aliphatic rings. The van der Waals surface area contributed by atoms with Crippen LogP contribution in [0.1, 0.15) is 65.6 Å². The zero-order chi connectivity index (χ0) is 22.0. The van der Waals surface area contributed by atoms with Crippen LogP contribution in [0, 0.1) is 26.7 Å². The third kappa shape index (κ3) is 5.13. The van der Waals surface area contributed by atoms with E-state index in [4.69, 9.17) is 0 Å². The van der Waals surface area contributed by atoms with Crippen LogP contribution in [0.2, 0.25) is 0 Å². The summed E-state index contributed by atoms with van der Waals surface area (Å²) in [6.45, 7) is 6.06. The van der Waals surface area contributed by atoms with Crippen molar-refractivity contribution in [2.75, 3.05) is 10.6 Å². The van der Waals surface area contributed by atoms with Gasteiger partial charge in [0.2, 0.25) is 5.91 Å². The van der Waals surface area contributed by atoms with Crippen LogP contribution in [0.5, 0.6) is 0 Å². The van der Waals surface area contributed by atoms with Gasteiger partial charge in [0, 0.05) is 17.7 Å². The Morgan fingerprint density at radius 3 is 2.45 bits per heavy atom. The Morgan fingerprint density at radius 2 is 1.74 bits per heavy atom. The SMILES string of the molecule is Cc1cc(C)c(NC(=O)c2ccc3nc(NC(=O)CCC4CCCC4)sc3c2)c(C)c1. The fourth-order valence-corrected chi connectivity index (χ4v) is 5.42. The Balaban J connectivity index is 1.43. The lowest BCUT2D eigenvalue weighted by Crippen LogP contribution is -2.13. The van der Waals surface area contributed by atoms with Gasteiger partial charge in [-0.3, -0.25) is 9.59 Å². The molecule has 0 radical (unpaired) electrons. The number of benzene rings is 2. The molecule has 2 amide bonds. The summed E-state index contributed by atoms with van der Waals surface area (Å²) < 4.78 is 0.885. The molecule has 0 bridgehead atoms. The molecule has 0 aliphatic heterocycles.